The zero-order chi connectivity index (χ0) is 15.2. The molecule has 2 aromatic heterocycles. The van der Waals surface area contributed by atoms with Crippen LogP contribution in [0.2, 0.25) is 0 Å². The number of carbonyl (C=O) groups is 1. The summed E-state index contributed by atoms with van der Waals surface area (Å²) < 4.78 is 11.3. The molecule has 0 aromatic carbocycles. The fourth-order valence-corrected chi connectivity index (χ4v) is 3.07. The Bertz CT molecular complexity index is 589. The maximum Gasteiger partial charge on any atom is 0.224 e. The van der Waals surface area contributed by atoms with Crippen LogP contribution in [0, 0.1) is 0 Å². The average molecular weight is 318 g/mol. The SMILES string of the molecule is O=C(Cc1ccsc1)N[C@@H]1CCOC[C@H]1Oc1ccccn1. The van der Waals surface area contributed by atoms with E-state index in [4.69, 9.17) is 9.47 Å². The molecular weight excluding hydrogens is 300 g/mol. The number of thiophene rings is 1. The van der Waals surface area contributed by atoms with E-state index in [1.165, 1.54) is 0 Å². The molecule has 22 heavy (non-hydrogen) atoms. The van der Waals surface area contributed by atoms with E-state index in [0.717, 1.165) is 12.0 Å². The van der Waals surface area contributed by atoms with Crippen molar-refractivity contribution >= 4 is 17.2 Å². The standard InChI is InChI=1S/C16H18N2O3S/c19-15(9-12-5-8-22-11-12)18-13-4-7-20-10-14(13)21-16-3-1-2-6-17-16/h1-3,5-6,8,11,13-14H,4,7,9-10H2,(H,18,19)/t13-,14-/m1/s1. The second-order valence-corrected chi connectivity index (χ2v) is 5.95. The van der Waals surface area contributed by atoms with Gasteiger partial charge in [0, 0.05) is 18.9 Å². The zero-order valence-electron chi connectivity index (χ0n) is 12.1. The van der Waals surface area contributed by atoms with Gasteiger partial charge in [0.2, 0.25) is 11.8 Å². The fourth-order valence-electron chi connectivity index (χ4n) is 2.40. The van der Waals surface area contributed by atoms with Crippen LogP contribution in [-0.2, 0) is 16.0 Å². The largest absolute Gasteiger partial charge is 0.470 e. The summed E-state index contributed by atoms with van der Waals surface area (Å²) in [6, 6.07) is 7.43. The molecule has 1 amide bonds. The van der Waals surface area contributed by atoms with E-state index >= 15 is 0 Å². The lowest BCUT2D eigenvalue weighted by Gasteiger charge is -2.32. The fraction of sp³-hybridized carbons (Fsp3) is 0.375. The van der Waals surface area contributed by atoms with Gasteiger partial charge in [-0.15, -0.1) is 0 Å². The van der Waals surface area contributed by atoms with Crippen molar-refractivity contribution in [3.63, 3.8) is 0 Å². The van der Waals surface area contributed by atoms with Gasteiger partial charge in [-0.05, 0) is 34.9 Å². The minimum Gasteiger partial charge on any atom is -0.470 e. The summed E-state index contributed by atoms with van der Waals surface area (Å²) in [5.41, 5.74) is 1.04. The smallest absolute Gasteiger partial charge is 0.224 e. The summed E-state index contributed by atoms with van der Waals surface area (Å²) in [7, 11) is 0. The molecule has 0 aliphatic carbocycles. The second-order valence-electron chi connectivity index (χ2n) is 5.17. The molecule has 0 unspecified atom stereocenters. The van der Waals surface area contributed by atoms with Crippen molar-refractivity contribution in [2.45, 2.75) is 25.0 Å². The van der Waals surface area contributed by atoms with Crippen molar-refractivity contribution < 1.29 is 14.3 Å². The number of hydrogen-bond acceptors (Lipinski definition) is 5. The van der Waals surface area contributed by atoms with Crippen LogP contribution in [0.4, 0.5) is 0 Å². The van der Waals surface area contributed by atoms with Crippen molar-refractivity contribution in [2.75, 3.05) is 13.2 Å². The molecule has 2 aromatic rings. The van der Waals surface area contributed by atoms with Crippen molar-refractivity contribution in [3.8, 4) is 5.88 Å². The van der Waals surface area contributed by atoms with Gasteiger partial charge in [0.25, 0.3) is 0 Å². The number of amides is 1. The second kappa shape index (κ2) is 7.38. The molecule has 1 fully saturated rings. The number of nitrogens with zero attached hydrogens (tertiary/aromatic N) is 1. The molecule has 0 bridgehead atoms. The van der Waals surface area contributed by atoms with Crippen LogP contribution in [-0.4, -0.2) is 36.3 Å². The van der Waals surface area contributed by atoms with Crippen LogP contribution >= 0.6 is 11.3 Å². The van der Waals surface area contributed by atoms with E-state index < -0.39 is 0 Å². The number of aromatic nitrogens is 1. The van der Waals surface area contributed by atoms with Gasteiger partial charge in [-0.25, -0.2) is 4.98 Å². The first kappa shape index (κ1) is 15.0. The molecule has 0 radical (unpaired) electrons. The summed E-state index contributed by atoms with van der Waals surface area (Å²) in [6.07, 6.45) is 2.61. The van der Waals surface area contributed by atoms with Crippen LogP contribution in [0.25, 0.3) is 0 Å². The first-order chi connectivity index (χ1) is 10.8. The summed E-state index contributed by atoms with van der Waals surface area (Å²) >= 11 is 1.60. The van der Waals surface area contributed by atoms with Gasteiger partial charge in [-0.1, -0.05) is 6.07 Å². The highest BCUT2D eigenvalue weighted by Gasteiger charge is 2.29. The van der Waals surface area contributed by atoms with Crippen LogP contribution in [0.15, 0.2) is 41.2 Å². The molecule has 1 aliphatic heterocycles. The highest BCUT2D eigenvalue weighted by molar-refractivity contribution is 7.07. The Morgan fingerprint density at radius 2 is 2.41 bits per heavy atom. The van der Waals surface area contributed by atoms with E-state index in [1.807, 2.05) is 29.0 Å². The average Bonchev–Trinajstić information content (AvgIpc) is 3.03. The predicted molar refractivity (Wildman–Crippen MR) is 84.0 cm³/mol. The molecule has 1 aliphatic rings. The third-order valence-electron chi connectivity index (χ3n) is 3.51. The molecule has 2 atom stereocenters. The highest BCUT2D eigenvalue weighted by Crippen LogP contribution is 2.16. The van der Waals surface area contributed by atoms with Gasteiger partial charge >= 0.3 is 0 Å². The molecule has 1 N–H and O–H groups in total. The minimum absolute atomic E-state index is 0.0138. The zero-order valence-corrected chi connectivity index (χ0v) is 12.9. The maximum absolute atomic E-state index is 12.2. The van der Waals surface area contributed by atoms with E-state index in [0.29, 0.717) is 25.5 Å². The first-order valence-corrected chi connectivity index (χ1v) is 8.21. The van der Waals surface area contributed by atoms with Gasteiger partial charge < -0.3 is 14.8 Å². The van der Waals surface area contributed by atoms with E-state index in [-0.39, 0.29) is 18.1 Å². The van der Waals surface area contributed by atoms with E-state index in [1.54, 1.807) is 23.6 Å². The number of ether oxygens (including phenoxy) is 2. The molecular formula is C16H18N2O3S. The van der Waals surface area contributed by atoms with Crippen molar-refractivity contribution in [2.24, 2.45) is 0 Å². The van der Waals surface area contributed by atoms with Crippen molar-refractivity contribution in [1.29, 1.82) is 0 Å². The quantitative estimate of drug-likeness (QED) is 0.916. The lowest BCUT2D eigenvalue weighted by Crippen LogP contribution is -2.51. The molecule has 116 valence electrons. The number of pyridine rings is 1. The molecule has 0 spiro atoms. The Labute approximate surface area is 133 Å². The topological polar surface area (TPSA) is 60.5 Å². The monoisotopic (exact) mass is 318 g/mol. The number of carbonyl (C=O) groups excluding carboxylic acids is 1. The summed E-state index contributed by atoms with van der Waals surface area (Å²) in [6.45, 7) is 1.09. The Morgan fingerprint density at radius 1 is 1.45 bits per heavy atom. The molecule has 5 nitrogen and oxygen atoms in total. The molecule has 3 heterocycles. The van der Waals surface area contributed by atoms with Crippen molar-refractivity contribution in [3.05, 3.63) is 46.8 Å². The Hall–Kier alpha value is -1.92. The highest BCUT2D eigenvalue weighted by atomic mass is 32.1. The van der Waals surface area contributed by atoms with Crippen LogP contribution in [0.5, 0.6) is 5.88 Å². The lowest BCUT2D eigenvalue weighted by molar-refractivity contribution is -0.123. The van der Waals surface area contributed by atoms with Crippen LogP contribution in [0.1, 0.15) is 12.0 Å². The van der Waals surface area contributed by atoms with Gasteiger partial charge in [0.15, 0.2) is 0 Å². The molecule has 0 saturated carbocycles. The predicted octanol–water partition coefficient (Wildman–Crippen LogP) is 2.04. The normalized spacial score (nSPS) is 21.3. The van der Waals surface area contributed by atoms with E-state index in [2.05, 4.69) is 10.3 Å². The van der Waals surface area contributed by atoms with Gasteiger partial charge in [0.05, 0.1) is 19.1 Å². The third kappa shape index (κ3) is 4.05. The van der Waals surface area contributed by atoms with Crippen molar-refractivity contribution in [1.82, 2.24) is 10.3 Å². The summed E-state index contributed by atoms with van der Waals surface area (Å²) in [4.78, 5) is 16.3. The molecule has 1 saturated heterocycles. The van der Waals surface area contributed by atoms with Gasteiger partial charge in [-0.3, -0.25) is 4.79 Å². The number of nitrogens with one attached hydrogen (secondary N) is 1. The van der Waals surface area contributed by atoms with E-state index in [9.17, 15) is 4.79 Å². The Morgan fingerprint density at radius 3 is 3.18 bits per heavy atom. The number of hydrogen-bond donors (Lipinski definition) is 1. The maximum atomic E-state index is 12.2. The summed E-state index contributed by atoms with van der Waals surface area (Å²) in [5, 5.41) is 7.03. The Kier molecular flexibility index (Phi) is 5.03. The van der Waals surface area contributed by atoms with Crippen LogP contribution in [0.3, 0.4) is 0 Å². The Balaban J connectivity index is 1.58. The summed E-state index contributed by atoms with van der Waals surface area (Å²) in [5.74, 6) is 0.565. The first-order valence-electron chi connectivity index (χ1n) is 7.27. The van der Waals surface area contributed by atoms with Crippen LogP contribution < -0.4 is 10.1 Å². The molecule has 6 heteroatoms. The van der Waals surface area contributed by atoms with Gasteiger partial charge in [-0.2, -0.15) is 11.3 Å². The third-order valence-corrected chi connectivity index (χ3v) is 4.24. The van der Waals surface area contributed by atoms with Gasteiger partial charge in [0.1, 0.15) is 6.10 Å². The number of rotatable bonds is 5. The minimum atomic E-state index is -0.213. The molecule has 3 rings (SSSR count). The lowest BCUT2D eigenvalue weighted by atomic mass is 10.1.